The number of amides is 2. The van der Waals surface area contributed by atoms with Gasteiger partial charge in [0.15, 0.2) is 0 Å². The van der Waals surface area contributed by atoms with E-state index in [1.165, 1.54) is 77.6 Å². The molecule has 0 atom stereocenters. The molecule has 2 amide bonds. The molecule has 0 saturated heterocycles. The fourth-order valence-electron chi connectivity index (χ4n) is 6.69. The van der Waals surface area contributed by atoms with Crippen LogP contribution in [0.5, 0.6) is 0 Å². The first-order chi connectivity index (χ1) is 33.5. The number of pyridine rings is 5. The summed E-state index contributed by atoms with van der Waals surface area (Å²) in [7, 11) is 4.07. The molecule has 5 aromatic rings. The van der Waals surface area contributed by atoms with Crippen LogP contribution in [0.25, 0.3) is 0 Å². The Balaban J connectivity index is 0.000000297. The summed E-state index contributed by atoms with van der Waals surface area (Å²) < 4.78 is 119. The molecule has 0 unspecified atom stereocenters. The van der Waals surface area contributed by atoms with E-state index < -0.39 is 69.8 Å². The highest BCUT2D eigenvalue weighted by atomic mass is 35.5. The van der Waals surface area contributed by atoms with Gasteiger partial charge in [0.1, 0.15) is 55.8 Å². The van der Waals surface area contributed by atoms with Crippen LogP contribution >= 0.6 is 46.7 Å². The number of nitrogens with zero attached hydrogens (tertiary/aromatic N) is 6. The minimum Gasteiger partial charge on any atom is -0.397 e. The van der Waals surface area contributed by atoms with Crippen molar-refractivity contribution in [3.8, 4) is 0 Å². The number of nitrogen functional groups attached to an aromatic ring is 2. The number of carbonyl (C=O) groups excluding carboxylic acids is 2. The Morgan fingerprint density at radius 2 is 1.01 bits per heavy atom. The SMILES string of the molecule is CCSc1ccc(Cl)nc1C(=O)N(C)c1c(N)cc(C(F)(F)F)n(CC)c1=O.CCSc1ccc(Cl)nc1C(=O)Nc1cc(C(F)(F)F)n(CC)c(=O)c1NC.CCn1c(C(F)(F)F)cc(N)c(NC)c1=O. The van der Waals surface area contributed by atoms with Gasteiger partial charge in [-0.05, 0) is 74.7 Å². The number of hydrogen-bond acceptors (Lipinski definition) is 13. The molecule has 0 bridgehead atoms. The number of rotatable bonds is 13. The molecule has 7 N–H and O–H groups in total. The van der Waals surface area contributed by atoms with E-state index in [4.69, 9.17) is 34.7 Å². The third-order valence-electron chi connectivity index (χ3n) is 9.81. The zero-order chi connectivity index (χ0) is 54.8. The monoisotopic (exact) mass is 1100 g/mol. The van der Waals surface area contributed by atoms with Crippen molar-refractivity contribution in [2.75, 3.05) is 65.0 Å². The maximum atomic E-state index is 13.4. The van der Waals surface area contributed by atoms with Crippen LogP contribution in [0.15, 0.2) is 66.6 Å². The van der Waals surface area contributed by atoms with Crippen LogP contribution in [-0.2, 0) is 38.2 Å². The lowest BCUT2D eigenvalue weighted by Crippen LogP contribution is -2.37. The zero-order valence-electron chi connectivity index (χ0n) is 39.4. The molecule has 0 spiro atoms. The highest BCUT2D eigenvalue weighted by molar-refractivity contribution is 7.99. The summed E-state index contributed by atoms with van der Waals surface area (Å²) in [5.41, 5.74) is 3.55. The van der Waals surface area contributed by atoms with Crippen molar-refractivity contribution in [2.45, 2.75) is 82.6 Å². The second-order valence-electron chi connectivity index (χ2n) is 14.3. The first-order valence-corrected chi connectivity index (χ1v) is 23.8. The van der Waals surface area contributed by atoms with E-state index >= 15 is 0 Å². The number of alkyl halides is 9. The van der Waals surface area contributed by atoms with Crippen molar-refractivity contribution in [1.29, 1.82) is 0 Å². The van der Waals surface area contributed by atoms with E-state index in [0.29, 0.717) is 41.1 Å². The Bertz CT molecular complexity index is 2970. The van der Waals surface area contributed by atoms with Crippen molar-refractivity contribution in [2.24, 2.45) is 0 Å². The molecular formula is C43H48Cl2F9N11O5S2. The lowest BCUT2D eigenvalue weighted by Gasteiger charge is -2.23. The Morgan fingerprint density at radius 3 is 1.43 bits per heavy atom. The van der Waals surface area contributed by atoms with Crippen LogP contribution in [-0.4, -0.2) is 68.1 Å². The average molecular weight is 1100 g/mol. The van der Waals surface area contributed by atoms with Crippen LogP contribution in [0.3, 0.4) is 0 Å². The lowest BCUT2D eigenvalue weighted by molar-refractivity contribution is -0.144. The third-order valence-corrected chi connectivity index (χ3v) is 12.1. The molecule has 16 nitrogen and oxygen atoms in total. The van der Waals surface area contributed by atoms with Crippen molar-refractivity contribution in [3.05, 3.63) is 112 Å². The normalized spacial score (nSPS) is 11.5. The van der Waals surface area contributed by atoms with Gasteiger partial charge < -0.3 is 46.0 Å². The maximum Gasteiger partial charge on any atom is 0.431 e. The quantitative estimate of drug-likeness (QED) is 0.0422. The molecular weight excluding hydrogens is 1060 g/mol. The highest BCUT2D eigenvalue weighted by Crippen LogP contribution is 2.35. The lowest BCUT2D eigenvalue weighted by atomic mass is 10.2. The van der Waals surface area contributed by atoms with E-state index in [0.717, 1.165) is 17.0 Å². The largest absolute Gasteiger partial charge is 0.431 e. The maximum absolute atomic E-state index is 13.4. The zero-order valence-corrected chi connectivity index (χ0v) is 42.6. The summed E-state index contributed by atoms with van der Waals surface area (Å²) in [5, 5.41) is 7.55. The fraction of sp³-hybridized carbons (Fsp3) is 0.372. The Kier molecular flexibility index (Phi) is 21.0. The summed E-state index contributed by atoms with van der Waals surface area (Å²) >= 11 is 14.4. The standard InChI is InChI=1S/2C17H18ClF3N4O2S.C9H12F3N3O/c1-4-25-11(17(19,20)21)8-9(22)14(16(25)27)24(3)15(26)13-10(28-5-2)6-7-12(18)23-13;1-4-25-11(17(19,20)21)8-9(13(22-3)16(25)27)23-15(26)14-10(28-5-2)6-7-12(18)24-14;1-3-15-6(9(10,11)12)4-5(13)7(14-2)8(15)16/h6-8H,4-5,22H2,1-3H3;6-8,22H,4-5H2,1-3H3,(H,23,26);4,14H,3,13H2,1-2H3. The summed E-state index contributed by atoms with van der Waals surface area (Å²) in [4.78, 5) is 72.4. The molecule has 0 saturated carbocycles. The molecule has 72 heavy (non-hydrogen) atoms. The number of nitrogens with two attached hydrogens (primary N) is 2. The number of aromatic nitrogens is 5. The number of hydrogen-bond donors (Lipinski definition) is 5. The number of nitrogens with one attached hydrogen (secondary N) is 3. The van der Waals surface area contributed by atoms with E-state index in [-0.39, 0.29) is 69.8 Å². The molecule has 5 heterocycles. The summed E-state index contributed by atoms with van der Waals surface area (Å²) in [6, 6.07) is 8.39. The molecule has 0 aromatic carbocycles. The van der Waals surface area contributed by atoms with Gasteiger partial charge in [0.05, 0.1) is 17.1 Å². The van der Waals surface area contributed by atoms with Gasteiger partial charge in [-0.3, -0.25) is 24.0 Å². The molecule has 0 aliphatic rings. The van der Waals surface area contributed by atoms with Crippen LogP contribution in [0.2, 0.25) is 10.3 Å². The number of carbonyl (C=O) groups is 2. The first kappa shape index (κ1) is 60.2. The van der Waals surface area contributed by atoms with E-state index in [1.54, 1.807) is 12.1 Å². The van der Waals surface area contributed by atoms with Crippen molar-refractivity contribution in [1.82, 2.24) is 23.7 Å². The van der Waals surface area contributed by atoms with Crippen LogP contribution < -0.4 is 49.0 Å². The first-order valence-electron chi connectivity index (χ1n) is 21.1. The molecule has 0 radical (unpaired) electrons. The van der Waals surface area contributed by atoms with Crippen molar-refractivity contribution >= 4 is 92.7 Å². The van der Waals surface area contributed by atoms with Crippen LogP contribution in [0.1, 0.15) is 72.7 Å². The molecule has 5 rings (SSSR count). The molecule has 0 aliphatic carbocycles. The van der Waals surface area contributed by atoms with Crippen molar-refractivity contribution < 1.29 is 49.1 Å². The third kappa shape index (κ3) is 14.1. The summed E-state index contributed by atoms with van der Waals surface area (Å²) in [6.45, 7) is 7.56. The summed E-state index contributed by atoms with van der Waals surface area (Å²) in [5.74, 6) is -0.171. The topological polar surface area (TPSA) is 217 Å². The molecule has 0 fully saturated rings. The smallest absolute Gasteiger partial charge is 0.397 e. The van der Waals surface area contributed by atoms with Gasteiger partial charge in [-0.2, -0.15) is 39.5 Å². The molecule has 29 heteroatoms. The predicted octanol–water partition coefficient (Wildman–Crippen LogP) is 9.76. The van der Waals surface area contributed by atoms with Crippen LogP contribution in [0, 0.1) is 0 Å². The number of thioether (sulfide) groups is 2. The van der Waals surface area contributed by atoms with Gasteiger partial charge in [0.25, 0.3) is 28.5 Å². The fourth-order valence-corrected chi connectivity index (χ4v) is 8.48. The van der Waals surface area contributed by atoms with E-state index in [1.807, 2.05) is 13.8 Å². The highest BCUT2D eigenvalue weighted by Gasteiger charge is 2.38. The van der Waals surface area contributed by atoms with Gasteiger partial charge in [-0.25, -0.2) is 9.97 Å². The van der Waals surface area contributed by atoms with Gasteiger partial charge in [-0.15, -0.1) is 23.5 Å². The Hall–Kier alpha value is -6.06. The van der Waals surface area contributed by atoms with Gasteiger partial charge in [0, 0.05) is 50.6 Å². The van der Waals surface area contributed by atoms with Crippen molar-refractivity contribution in [3.63, 3.8) is 0 Å². The Morgan fingerprint density at radius 1 is 0.625 bits per heavy atom. The van der Waals surface area contributed by atoms with Gasteiger partial charge in [-0.1, -0.05) is 37.0 Å². The number of halogens is 11. The predicted molar refractivity (Wildman–Crippen MR) is 264 cm³/mol. The molecule has 5 aromatic heterocycles. The number of anilines is 6. The van der Waals surface area contributed by atoms with E-state index in [9.17, 15) is 63.5 Å². The molecule has 0 aliphatic heterocycles. The van der Waals surface area contributed by atoms with Crippen LogP contribution in [0.4, 0.5) is 73.6 Å². The summed E-state index contributed by atoms with van der Waals surface area (Å²) in [6.07, 6.45) is -14.1. The Labute approximate surface area is 423 Å². The van der Waals surface area contributed by atoms with E-state index in [2.05, 4.69) is 25.9 Å². The van der Waals surface area contributed by atoms with Gasteiger partial charge in [0.2, 0.25) is 0 Å². The molecule has 394 valence electrons. The minimum absolute atomic E-state index is 0.0106. The minimum atomic E-state index is -4.77. The average Bonchev–Trinajstić information content (AvgIpc) is 3.29. The second-order valence-corrected chi connectivity index (χ2v) is 17.7. The van der Waals surface area contributed by atoms with Gasteiger partial charge >= 0.3 is 18.5 Å². The second kappa shape index (κ2) is 25.1.